The van der Waals surface area contributed by atoms with Crippen molar-refractivity contribution in [2.75, 3.05) is 26.2 Å². The molecule has 0 heterocycles. The molecule has 1 aromatic carbocycles. The van der Waals surface area contributed by atoms with Crippen LogP contribution in [-0.4, -0.2) is 54.3 Å². The summed E-state index contributed by atoms with van der Waals surface area (Å²) in [6.45, 7) is 10.1. The monoisotopic (exact) mass is 360 g/mol. The summed E-state index contributed by atoms with van der Waals surface area (Å²) >= 11 is 0. The molecule has 2 rings (SSSR count). The van der Waals surface area contributed by atoms with Crippen LogP contribution in [0.3, 0.4) is 0 Å². The molecule has 5 heteroatoms. The fraction of sp³-hybridized carbons (Fsp3) is 0.667. The molecule has 1 saturated carbocycles. The van der Waals surface area contributed by atoms with Gasteiger partial charge in [0.1, 0.15) is 0 Å². The molecule has 26 heavy (non-hydrogen) atoms. The fourth-order valence-corrected chi connectivity index (χ4v) is 3.68. The van der Waals surface area contributed by atoms with Gasteiger partial charge in [-0.1, -0.05) is 44.2 Å². The molecular formula is C21H36N4O. The molecule has 146 valence electrons. The third kappa shape index (κ3) is 6.29. The van der Waals surface area contributed by atoms with E-state index < -0.39 is 0 Å². The molecule has 1 atom stereocenters. The Morgan fingerprint density at radius 3 is 2.35 bits per heavy atom. The van der Waals surface area contributed by atoms with E-state index in [4.69, 9.17) is 4.99 Å². The van der Waals surface area contributed by atoms with Gasteiger partial charge in [-0.3, -0.25) is 9.89 Å². The van der Waals surface area contributed by atoms with E-state index in [1.54, 1.807) is 0 Å². The zero-order valence-electron chi connectivity index (χ0n) is 16.6. The van der Waals surface area contributed by atoms with E-state index in [2.05, 4.69) is 66.6 Å². The van der Waals surface area contributed by atoms with Crippen molar-refractivity contribution in [1.82, 2.24) is 15.5 Å². The number of likely N-dealkylation sites (N-methyl/N-ethyl adjacent to an activating group) is 1. The molecule has 0 aliphatic heterocycles. The zero-order chi connectivity index (χ0) is 18.8. The Hall–Kier alpha value is -1.59. The van der Waals surface area contributed by atoms with Crippen LogP contribution in [0.5, 0.6) is 0 Å². The van der Waals surface area contributed by atoms with E-state index in [0.29, 0.717) is 6.04 Å². The molecule has 0 radical (unpaired) electrons. The minimum Gasteiger partial charge on any atom is -0.393 e. The second-order valence-electron chi connectivity index (χ2n) is 7.02. The molecule has 1 fully saturated rings. The maximum Gasteiger partial charge on any atom is 0.191 e. The number of rotatable bonds is 8. The van der Waals surface area contributed by atoms with Crippen molar-refractivity contribution in [3.63, 3.8) is 0 Å². The number of guanidine groups is 1. The van der Waals surface area contributed by atoms with E-state index in [-0.39, 0.29) is 12.1 Å². The zero-order valence-corrected chi connectivity index (χ0v) is 16.6. The van der Waals surface area contributed by atoms with Crippen molar-refractivity contribution < 1.29 is 5.11 Å². The van der Waals surface area contributed by atoms with E-state index in [0.717, 1.165) is 57.8 Å². The number of benzene rings is 1. The minimum atomic E-state index is -0.127. The van der Waals surface area contributed by atoms with Gasteiger partial charge in [-0.15, -0.1) is 0 Å². The number of aliphatic hydroxyl groups is 1. The average Bonchev–Trinajstić information content (AvgIpc) is 2.67. The van der Waals surface area contributed by atoms with E-state index in [1.165, 1.54) is 5.56 Å². The molecule has 0 saturated heterocycles. The second-order valence-corrected chi connectivity index (χ2v) is 7.02. The third-order valence-corrected chi connectivity index (χ3v) is 5.24. The first-order chi connectivity index (χ1) is 12.7. The predicted molar refractivity (Wildman–Crippen MR) is 109 cm³/mol. The quantitative estimate of drug-likeness (QED) is 0.493. The summed E-state index contributed by atoms with van der Waals surface area (Å²) in [6.07, 6.45) is 3.64. The molecular weight excluding hydrogens is 324 g/mol. The number of aliphatic imine (C=N–C) groups is 1. The van der Waals surface area contributed by atoms with Crippen LogP contribution in [0.1, 0.15) is 58.1 Å². The average molecular weight is 361 g/mol. The number of nitrogens with zero attached hydrogens (tertiary/aromatic N) is 2. The van der Waals surface area contributed by atoms with Gasteiger partial charge in [0, 0.05) is 12.6 Å². The highest BCUT2D eigenvalue weighted by Gasteiger charge is 2.21. The van der Waals surface area contributed by atoms with E-state index >= 15 is 0 Å². The SMILES string of the molecule is CCNC(=NCC(c1ccccc1)N(CC)CC)NC1CCC(O)CC1. The first kappa shape index (κ1) is 20.7. The third-order valence-electron chi connectivity index (χ3n) is 5.24. The highest BCUT2D eigenvalue weighted by Crippen LogP contribution is 2.21. The molecule has 1 aromatic rings. The Bertz CT molecular complexity index is 522. The first-order valence-corrected chi connectivity index (χ1v) is 10.2. The van der Waals surface area contributed by atoms with Gasteiger partial charge in [-0.2, -0.15) is 0 Å². The topological polar surface area (TPSA) is 59.9 Å². The molecule has 0 amide bonds. The highest BCUT2D eigenvalue weighted by atomic mass is 16.3. The normalized spacial score (nSPS) is 22.3. The maximum atomic E-state index is 9.70. The summed E-state index contributed by atoms with van der Waals surface area (Å²) < 4.78 is 0. The van der Waals surface area contributed by atoms with Crippen molar-refractivity contribution in [1.29, 1.82) is 0 Å². The van der Waals surface area contributed by atoms with Gasteiger partial charge < -0.3 is 15.7 Å². The van der Waals surface area contributed by atoms with Crippen molar-refractivity contribution in [3.8, 4) is 0 Å². The van der Waals surface area contributed by atoms with Crippen LogP contribution >= 0.6 is 0 Å². The van der Waals surface area contributed by atoms with Gasteiger partial charge in [0.25, 0.3) is 0 Å². The lowest BCUT2D eigenvalue weighted by Crippen LogP contribution is -2.45. The van der Waals surface area contributed by atoms with Crippen molar-refractivity contribution in [2.45, 2.75) is 64.6 Å². The maximum absolute atomic E-state index is 9.70. The van der Waals surface area contributed by atoms with Crippen LogP contribution in [0.25, 0.3) is 0 Å². The number of nitrogens with one attached hydrogen (secondary N) is 2. The van der Waals surface area contributed by atoms with Crippen molar-refractivity contribution >= 4 is 5.96 Å². The molecule has 1 unspecified atom stereocenters. The Labute approximate surface area is 158 Å². The van der Waals surface area contributed by atoms with Crippen LogP contribution < -0.4 is 10.6 Å². The lowest BCUT2D eigenvalue weighted by atomic mass is 9.93. The lowest BCUT2D eigenvalue weighted by molar-refractivity contribution is 0.120. The summed E-state index contributed by atoms with van der Waals surface area (Å²) in [4.78, 5) is 7.37. The van der Waals surface area contributed by atoms with Crippen LogP contribution in [0.4, 0.5) is 0 Å². The number of hydrogen-bond donors (Lipinski definition) is 3. The van der Waals surface area contributed by atoms with Crippen molar-refractivity contribution in [2.24, 2.45) is 4.99 Å². The minimum absolute atomic E-state index is 0.127. The van der Waals surface area contributed by atoms with Gasteiger partial charge in [0.15, 0.2) is 5.96 Å². The van der Waals surface area contributed by atoms with Gasteiger partial charge in [0.05, 0.1) is 18.7 Å². The van der Waals surface area contributed by atoms with E-state index in [9.17, 15) is 5.11 Å². The van der Waals surface area contributed by atoms with Gasteiger partial charge >= 0.3 is 0 Å². The summed E-state index contributed by atoms with van der Waals surface area (Å²) in [5.41, 5.74) is 1.32. The smallest absolute Gasteiger partial charge is 0.191 e. The fourth-order valence-electron chi connectivity index (χ4n) is 3.68. The standard InChI is InChI=1S/C21H36N4O/c1-4-22-21(24-18-12-14-19(26)15-13-18)23-16-20(25(5-2)6-3)17-10-8-7-9-11-17/h7-11,18-20,26H,4-6,12-16H2,1-3H3,(H2,22,23,24). The Balaban J connectivity index is 2.07. The summed E-state index contributed by atoms with van der Waals surface area (Å²) in [5, 5.41) is 16.7. The van der Waals surface area contributed by atoms with Gasteiger partial charge in [-0.25, -0.2) is 0 Å². The molecule has 0 bridgehead atoms. The van der Waals surface area contributed by atoms with E-state index in [1.807, 2.05) is 0 Å². The van der Waals surface area contributed by atoms with Crippen LogP contribution in [-0.2, 0) is 0 Å². The van der Waals surface area contributed by atoms with Gasteiger partial charge in [0.2, 0.25) is 0 Å². The van der Waals surface area contributed by atoms with Gasteiger partial charge in [-0.05, 0) is 51.3 Å². The summed E-state index contributed by atoms with van der Waals surface area (Å²) in [7, 11) is 0. The number of hydrogen-bond acceptors (Lipinski definition) is 3. The molecule has 1 aliphatic rings. The molecule has 5 nitrogen and oxygen atoms in total. The Morgan fingerprint density at radius 2 is 1.77 bits per heavy atom. The predicted octanol–water partition coefficient (Wildman–Crippen LogP) is 2.93. The van der Waals surface area contributed by atoms with Crippen LogP contribution in [0, 0.1) is 0 Å². The van der Waals surface area contributed by atoms with Crippen molar-refractivity contribution in [3.05, 3.63) is 35.9 Å². The molecule has 1 aliphatic carbocycles. The first-order valence-electron chi connectivity index (χ1n) is 10.2. The molecule has 0 spiro atoms. The highest BCUT2D eigenvalue weighted by molar-refractivity contribution is 5.80. The molecule has 0 aromatic heterocycles. The molecule has 3 N–H and O–H groups in total. The summed E-state index contributed by atoms with van der Waals surface area (Å²) in [5.74, 6) is 0.891. The largest absolute Gasteiger partial charge is 0.393 e. The van der Waals surface area contributed by atoms with Crippen LogP contribution in [0.2, 0.25) is 0 Å². The number of aliphatic hydroxyl groups excluding tert-OH is 1. The Morgan fingerprint density at radius 1 is 1.12 bits per heavy atom. The second kappa shape index (κ2) is 11.2. The summed E-state index contributed by atoms with van der Waals surface area (Å²) in [6, 6.07) is 11.4. The lowest BCUT2D eigenvalue weighted by Gasteiger charge is -2.30. The van der Waals surface area contributed by atoms with Crippen LogP contribution in [0.15, 0.2) is 35.3 Å². The Kier molecular flexibility index (Phi) is 8.92.